The predicted octanol–water partition coefficient (Wildman–Crippen LogP) is 2.03. The van der Waals surface area contributed by atoms with Crippen molar-refractivity contribution in [1.82, 2.24) is 4.72 Å². The van der Waals surface area contributed by atoms with Gasteiger partial charge in [-0.05, 0) is 36.5 Å². The van der Waals surface area contributed by atoms with Crippen LogP contribution in [0, 0.1) is 5.92 Å². The van der Waals surface area contributed by atoms with Gasteiger partial charge in [0.1, 0.15) is 6.04 Å². The summed E-state index contributed by atoms with van der Waals surface area (Å²) in [5.41, 5.74) is 0.892. The summed E-state index contributed by atoms with van der Waals surface area (Å²) in [6.07, 6.45) is 0.972. The predicted molar refractivity (Wildman–Crippen MR) is 77.0 cm³/mol. The lowest BCUT2D eigenvalue weighted by Crippen LogP contribution is -2.41. The molecule has 0 bridgehead atoms. The van der Waals surface area contributed by atoms with Crippen molar-refractivity contribution in [3.05, 3.63) is 29.8 Å². The highest BCUT2D eigenvalue weighted by Gasteiger charge is 2.26. The van der Waals surface area contributed by atoms with E-state index in [-0.39, 0.29) is 17.2 Å². The van der Waals surface area contributed by atoms with Crippen molar-refractivity contribution in [2.75, 3.05) is 0 Å². The molecule has 5 nitrogen and oxygen atoms in total. The molecule has 6 heteroatoms. The van der Waals surface area contributed by atoms with Crippen LogP contribution in [0.25, 0.3) is 0 Å². The maximum atomic E-state index is 12.2. The molecule has 20 heavy (non-hydrogen) atoms. The second-order valence-electron chi connectivity index (χ2n) is 5.14. The molecule has 1 aromatic rings. The van der Waals surface area contributed by atoms with Gasteiger partial charge < -0.3 is 5.11 Å². The summed E-state index contributed by atoms with van der Waals surface area (Å²) in [6, 6.07) is 5.42. The lowest BCUT2D eigenvalue weighted by molar-refractivity contribution is -0.139. The van der Waals surface area contributed by atoms with E-state index in [0.29, 0.717) is 0 Å². The van der Waals surface area contributed by atoms with Crippen molar-refractivity contribution >= 4 is 16.0 Å². The van der Waals surface area contributed by atoms with Gasteiger partial charge in [0, 0.05) is 0 Å². The Bertz CT molecular complexity index is 566. The van der Waals surface area contributed by atoms with Crippen molar-refractivity contribution in [2.24, 2.45) is 5.92 Å². The first-order chi connectivity index (χ1) is 9.26. The van der Waals surface area contributed by atoms with Crippen LogP contribution in [-0.2, 0) is 21.2 Å². The highest BCUT2D eigenvalue weighted by Crippen LogP contribution is 2.14. The first-order valence-electron chi connectivity index (χ1n) is 6.60. The van der Waals surface area contributed by atoms with Crippen LogP contribution >= 0.6 is 0 Å². The molecule has 0 aliphatic rings. The first-order valence-corrected chi connectivity index (χ1v) is 8.08. The topological polar surface area (TPSA) is 83.5 Å². The van der Waals surface area contributed by atoms with Gasteiger partial charge in [0.25, 0.3) is 0 Å². The van der Waals surface area contributed by atoms with Crippen LogP contribution in [0.1, 0.15) is 32.8 Å². The molecule has 0 amide bonds. The zero-order chi connectivity index (χ0) is 15.3. The molecule has 2 N–H and O–H groups in total. The highest BCUT2D eigenvalue weighted by atomic mass is 32.2. The number of nitrogens with one attached hydrogen (secondary N) is 1. The Balaban J connectivity index is 3.00. The number of carbonyl (C=O) groups is 1. The van der Waals surface area contributed by atoms with Gasteiger partial charge in [-0.2, -0.15) is 4.72 Å². The third-order valence-electron chi connectivity index (χ3n) is 2.92. The van der Waals surface area contributed by atoms with Gasteiger partial charge in [-0.25, -0.2) is 8.42 Å². The third kappa shape index (κ3) is 4.61. The first kappa shape index (κ1) is 16.7. The largest absolute Gasteiger partial charge is 0.480 e. The molecule has 1 aromatic carbocycles. The Kier molecular flexibility index (Phi) is 5.71. The van der Waals surface area contributed by atoms with Crippen LogP contribution in [-0.4, -0.2) is 25.5 Å². The number of hydrogen-bond acceptors (Lipinski definition) is 3. The Labute approximate surface area is 120 Å². The van der Waals surface area contributed by atoms with Gasteiger partial charge in [0.2, 0.25) is 10.0 Å². The summed E-state index contributed by atoms with van der Waals surface area (Å²) in [7, 11) is -3.81. The van der Waals surface area contributed by atoms with Gasteiger partial charge in [0.15, 0.2) is 0 Å². The lowest BCUT2D eigenvalue weighted by atomic mass is 10.1. The average molecular weight is 299 g/mol. The van der Waals surface area contributed by atoms with E-state index >= 15 is 0 Å². The fourth-order valence-electron chi connectivity index (χ4n) is 1.86. The molecule has 0 radical (unpaired) electrons. The number of hydrogen-bond donors (Lipinski definition) is 2. The number of aliphatic carboxylic acids is 1. The average Bonchev–Trinajstić information content (AvgIpc) is 2.37. The zero-order valence-corrected chi connectivity index (χ0v) is 12.8. The maximum Gasteiger partial charge on any atom is 0.321 e. The molecule has 0 spiro atoms. The minimum atomic E-state index is -3.81. The van der Waals surface area contributed by atoms with E-state index in [4.69, 9.17) is 5.11 Å². The molecule has 0 fully saturated rings. The molecule has 1 rings (SSSR count). The van der Waals surface area contributed by atoms with Gasteiger partial charge in [-0.1, -0.05) is 32.9 Å². The van der Waals surface area contributed by atoms with E-state index in [1.54, 1.807) is 12.1 Å². The van der Waals surface area contributed by atoms with E-state index in [1.165, 1.54) is 6.07 Å². The number of carboxylic acid groups (broad SMARTS) is 1. The second-order valence-corrected chi connectivity index (χ2v) is 6.86. The SMILES string of the molecule is CCc1cccc(S(=O)(=O)N[C@@H](CC(C)C)C(=O)O)c1. The van der Waals surface area contributed by atoms with E-state index in [9.17, 15) is 13.2 Å². The molecule has 112 valence electrons. The van der Waals surface area contributed by atoms with Gasteiger partial charge in [-0.15, -0.1) is 0 Å². The summed E-state index contributed by atoms with van der Waals surface area (Å²) < 4.78 is 26.7. The minimum Gasteiger partial charge on any atom is -0.480 e. The Morgan fingerprint density at radius 2 is 2.00 bits per heavy atom. The summed E-state index contributed by atoms with van der Waals surface area (Å²) in [5.74, 6) is -1.07. The molecular weight excluding hydrogens is 278 g/mol. The summed E-state index contributed by atoms with van der Waals surface area (Å²) >= 11 is 0. The molecule has 0 aliphatic carbocycles. The number of aryl methyl sites for hydroxylation is 1. The van der Waals surface area contributed by atoms with E-state index in [0.717, 1.165) is 12.0 Å². The molecule has 0 heterocycles. The van der Waals surface area contributed by atoms with Crippen LogP contribution in [0.2, 0.25) is 0 Å². The quantitative estimate of drug-likeness (QED) is 0.807. The molecule has 0 aromatic heterocycles. The van der Waals surface area contributed by atoms with Crippen molar-refractivity contribution in [3.63, 3.8) is 0 Å². The molecule has 0 unspecified atom stereocenters. The normalized spacial score (nSPS) is 13.4. The van der Waals surface area contributed by atoms with Crippen molar-refractivity contribution in [3.8, 4) is 0 Å². The van der Waals surface area contributed by atoms with Crippen LogP contribution in [0.4, 0.5) is 0 Å². The van der Waals surface area contributed by atoms with Crippen molar-refractivity contribution in [2.45, 2.75) is 44.6 Å². The molecule has 0 saturated carbocycles. The van der Waals surface area contributed by atoms with Crippen molar-refractivity contribution < 1.29 is 18.3 Å². The van der Waals surface area contributed by atoms with Crippen LogP contribution in [0.15, 0.2) is 29.2 Å². The summed E-state index contributed by atoms with van der Waals surface area (Å²) in [4.78, 5) is 11.2. The molecule has 0 saturated heterocycles. The van der Waals surface area contributed by atoms with Crippen LogP contribution < -0.4 is 4.72 Å². The van der Waals surface area contributed by atoms with Gasteiger partial charge in [-0.3, -0.25) is 4.79 Å². The Morgan fingerprint density at radius 1 is 1.35 bits per heavy atom. The fourth-order valence-corrected chi connectivity index (χ4v) is 3.13. The zero-order valence-electron chi connectivity index (χ0n) is 12.0. The van der Waals surface area contributed by atoms with Crippen molar-refractivity contribution in [1.29, 1.82) is 0 Å². The van der Waals surface area contributed by atoms with E-state index < -0.39 is 22.0 Å². The third-order valence-corrected chi connectivity index (χ3v) is 4.39. The van der Waals surface area contributed by atoms with Gasteiger partial charge >= 0.3 is 5.97 Å². The van der Waals surface area contributed by atoms with E-state index in [1.807, 2.05) is 26.8 Å². The monoisotopic (exact) mass is 299 g/mol. The molecule has 1 atom stereocenters. The standard InChI is InChI=1S/C14H21NO4S/c1-4-11-6-5-7-12(9-11)20(18,19)15-13(14(16)17)8-10(2)3/h5-7,9-10,13,15H,4,8H2,1-3H3,(H,16,17)/t13-/m0/s1. The number of benzene rings is 1. The summed E-state index contributed by atoms with van der Waals surface area (Å²) in [6.45, 7) is 5.63. The number of carboxylic acids is 1. The second kappa shape index (κ2) is 6.85. The number of rotatable bonds is 7. The fraction of sp³-hybridized carbons (Fsp3) is 0.500. The smallest absolute Gasteiger partial charge is 0.321 e. The highest BCUT2D eigenvalue weighted by molar-refractivity contribution is 7.89. The summed E-state index contributed by atoms with van der Waals surface area (Å²) in [5, 5.41) is 9.11. The maximum absolute atomic E-state index is 12.2. The van der Waals surface area contributed by atoms with Gasteiger partial charge in [0.05, 0.1) is 4.90 Å². The Hall–Kier alpha value is -1.40. The molecule has 0 aliphatic heterocycles. The van der Waals surface area contributed by atoms with Crippen LogP contribution in [0.3, 0.4) is 0 Å². The number of sulfonamides is 1. The lowest BCUT2D eigenvalue weighted by Gasteiger charge is -2.16. The minimum absolute atomic E-state index is 0.0841. The van der Waals surface area contributed by atoms with Crippen LogP contribution in [0.5, 0.6) is 0 Å². The van der Waals surface area contributed by atoms with E-state index in [2.05, 4.69) is 4.72 Å². The Morgan fingerprint density at radius 3 is 2.50 bits per heavy atom. The molecular formula is C14H21NO4S.